The first kappa shape index (κ1) is 11.7. The van der Waals surface area contributed by atoms with Gasteiger partial charge in [0.1, 0.15) is 5.75 Å². The highest BCUT2D eigenvalue weighted by Crippen LogP contribution is 2.15. The lowest BCUT2D eigenvalue weighted by Crippen LogP contribution is -2.34. The minimum atomic E-state index is -0.500. The van der Waals surface area contributed by atoms with Crippen molar-refractivity contribution >= 4 is 5.78 Å². The monoisotopic (exact) mass is 208 g/mol. The lowest BCUT2D eigenvalue weighted by atomic mass is 9.96. The molecule has 0 saturated carbocycles. The zero-order valence-electron chi connectivity index (χ0n) is 9.28. The minimum absolute atomic E-state index is 0.0195. The van der Waals surface area contributed by atoms with Crippen molar-refractivity contribution in [3.05, 3.63) is 24.0 Å². The molecule has 0 aliphatic carbocycles. The molecule has 4 heteroatoms. The molecule has 1 aromatic rings. The topological polar surface area (TPSA) is 65.2 Å². The van der Waals surface area contributed by atoms with E-state index < -0.39 is 5.54 Å². The van der Waals surface area contributed by atoms with E-state index in [1.54, 1.807) is 12.3 Å². The molecule has 0 aliphatic rings. The summed E-state index contributed by atoms with van der Waals surface area (Å²) in [4.78, 5) is 15.7. The van der Waals surface area contributed by atoms with E-state index in [0.717, 1.165) is 0 Å². The van der Waals surface area contributed by atoms with Gasteiger partial charge in [0.2, 0.25) is 0 Å². The quantitative estimate of drug-likeness (QED) is 0.759. The summed E-state index contributed by atoms with van der Waals surface area (Å²) in [7, 11) is 1.54. The summed E-state index contributed by atoms with van der Waals surface area (Å²) >= 11 is 0. The van der Waals surface area contributed by atoms with E-state index in [2.05, 4.69) is 4.98 Å². The summed E-state index contributed by atoms with van der Waals surface area (Å²) in [6, 6.07) is 1.67. The molecule has 0 bridgehead atoms. The van der Waals surface area contributed by atoms with E-state index in [-0.39, 0.29) is 5.78 Å². The average molecular weight is 208 g/mol. The molecule has 0 radical (unpaired) electrons. The highest BCUT2D eigenvalue weighted by Gasteiger charge is 2.18. The first-order chi connectivity index (χ1) is 6.92. The summed E-state index contributed by atoms with van der Waals surface area (Å²) in [6.07, 6.45) is 3.38. The van der Waals surface area contributed by atoms with E-state index in [1.165, 1.54) is 13.3 Å². The Kier molecular flexibility index (Phi) is 3.42. The number of nitrogens with two attached hydrogens (primary N) is 1. The second-order valence-corrected chi connectivity index (χ2v) is 4.20. The molecule has 1 heterocycles. The molecule has 82 valence electrons. The van der Waals surface area contributed by atoms with Gasteiger partial charge in [-0.15, -0.1) is 0 Å². The van der Waals surface area contributed by atoms with Crippen LogP contribution in [0.15, 0.2) is 18.5 Å². The Morgan fingerprint density at radius 1 is 1.53 bits per heavy atom. The predicted molar refractivity (Wildman–Crippen MR) is 58.0 cm³/mol. The summed E-state index contributed by atoms with van der Waals surface area (Å²) in [5, 5.41) is 0. The molecule has 0 spiro atoms. The van der Waals surface area contributed by atoms with Crippen LogP contribution in [0.4, 0.5) is 0 Å². The number of hydrogen-bond acceptors (Lipinski definition) is 4. The third-order valence-corrected chi connectivity index (χ3v) is 1.89. The van der Waals surface area contributed by atoms with Crippen LogP contribution < -0.4 is 10.5 Å². The molecule has 1 rings (SSSR count). The number of carbonyl (C=O) groups is 1. The van der Waals surface area contributed by atoms with Gasteiger partial charge in [-0.25, -0.2) is 0 Å². The van der Waals surface area contributed by atoms with Crippen molar-refractivity contribution in [1.29, 1.82) is 0 Å². The van der Waals surface area contributed by atoms with Gasteiger partial charge in [0.25, 0.3) is 0 Å². The Morgan fingerprint density at radius 2 is 2.20 bits per heavy atom. The van der Waals surface area contributed by atoms with Crippen LogP contribution in [0.1, 0.15) is 30.6 Å². The molecule has 0 fully saturated rings. The average Bonchev–Trinajstić information content (AvgIpc) is 2.15. The van der Waals surface area contributed by atoms with Gasteiger partial charge in [0.15, 0.2) is 5.78 Å². The van der Waals surface area contributed by atoms with Crippen LogP contribution >= 0.6 is 0 Å². The molecule has 0 saturated heterocycles. The standard InChI is InChI=1S/C11H16N2O2/c1-11(2,12)5-10(14)8-4-9(15-3)7-13-6-8/h4,6-7H,5,12H2,1-3H3. The second kappa shape index (κ2) is 4.40. The lowest BCUT2D eigenvalue weighted by Gasteiger charge is -2.16. The number of methoxy groups -OCH3 is 1. The van der Waals surface area contributed by atoms with Gasteiger partial charge in [-0.05, 0) is 19.9 Å². The number of ketones is 1. The molecular weight excluding hydrogens is 192 g/mol. The third-order valence-electron chi connectivity index (χ3n) is 1.89. The normalized spacial score (nSPS) is 11.2. The van der Waals surface area contributed by atoms with Gasteiger partial charge in [0, 0.05) is 23.7 Å². The van der Waals surface area contributed by atoms with Gasteiger partial charge in [-0.2, -0.15) is 0 Å². The first-order valence-electron chi connectivity index (χ1n) is 4.73. The van der Waals surface area contributed by atoms with Crippen molar-refractivity contribution in [3.8, 4) is 5.75 Å². The summed E-state index contributed by atoms with van der Waals surface area (Å²) in [5.41, 5.74) is 5.81. The maximum Gasteiger partial charge on any atom is 0.166 e. The van der Waals surface area contributed by atoms with Crippen LogP contribution in [0, 0.1) is 0 Å². The van der Waals surface area contributed by atoms with E-state index >= 15 is 0 Å². The van der Waals surface area contributed by atoms with Gasteiger partial charge < -0.3 is 10.5 Å². The van der Waals surface area contributed by atoms with Gasteiger partial charge in [-0.3, -0.25) is 9.78 Å². The van der Waals surface area contributed by atoms with Gasteiger partial charge in [0.05, 0.1) is 13.3 Å². The Morgan fingerprint density at radius 3 is 2.73 bits per heavy atom. The maximum atomic E-state index is 11.8. The fourth-order valence-corrected chi connectivity index (χ4v) is 1.20. The minimum Gasteiger partial charge on any atom is -0.495 e. The van der Waals surface area contributed by atoms with Gasteiger partial charge in [-0.1, -0.05) is 0 Å². The number of hydrogen-bond donors (Lipinski definition) is 1. The number of rotatable bonds is 4. The predicted octanol–water partition coefficient (Wildman–Crippen LogP) is 1.40. The zero-order valence-corrected chi connectivity index (χ0v) is 9.28. The van der Waals surface area contributed by atoms with Crippen molar-refractivity contribution in [2.75, 3.05) is 7.11 Å². The van der Waals surface area contributed by atoms with E-state index in [4.69, 9.17) is 10.5 Å². The van der Waals surface area contributed by atoms with Crippen molar-refractivity contribution in [3.63, 3.8) is 0 Å². The van der Waals surface area contributed by atoms with E-state index in [1.807, 2.05) is 13.8 Å². The van der Waals surface area contributed by atoms with Crippen molar-refractivity contribution < 1.29 is 9.53 Å². The third kappa shape index (κ3) is 3.67. The Balaban J connectivity index is 2.82. The molecule has 0 atom stereocenters. The first-order valence-corrected chi connectivity index (χ1v) is 4.73. The molecular formula is C11H16N2O2. The van der Waals surface area contributed by atoms with Crippen LogP contribution in [-0.4, -0.2) is 23.4 Å². The molecule has 1 aromatic heterocycles. The Labute approximate surface area is 89.5 Å². The number of Topliss-reactive ketones (excluding diaryl/α,β-unsaturated/α-hetero) is 1. The van der Waals surface area contributed by atoms with Gasteiger partial charge >= 0.3 is 0 Å². The van der Waals surface area contributed by atoms with E-state index in [0.29, 0.717) is 17.7 Å². The van der Waals surface area contributed by atoms with E-state index in [9.17, 15) is 4.79 Å². The molecule has 0 aliphatic heterocycles. The van der Waals surface area contributed by atoms with Crippen LogP contribution in [-0.2, 0) is 0 Å². The highest BCUT2D eigenvalue weighted by molar-refractivity contribution is 5.96. The Bertz CT molecular complexity index is 356. The van der Waals surface area contributed by atoms with Crippen LogP contribution in [0.2, 0.25) is 0 Å². The number of aromatic nitrogens is 1. The number of nitrogens with zero attached hydrogens (tertiary/aromatic N) is 1. The number of ether oxygens (including phenoxy) is 1. The van der Waals surface area contributed by atoms with Crippen LogP contribution in [0.3, 0.4) is 0 Å². The maximum absolute atomic E-state index is 11.8. The van der Waals surface area contributed by atoms with Crippen molar-refractivity contribution in [2.45, 2.75) is 25.8 Å². The molecule has 15 heavy (non-hydrogen) atoms. The molecule has 0 unspecified atom stereocenters. The smallest absolute Gasteiger partial charge is 0.166 e. The van der Waals surface area contributed by atoms with Crippen molar-refractivity contribution in [2.24, 2.45) is 5.73 Å². The highest BCUT2D eigenvalue weighted by atomic mass is 16.5. The number of carbonyl (C=O) groups excluding carboxylic acids is 1. The van der Waals surface area contributed by atoms with Crippen molar-refractivity contribution in [1.82, 2.24) is 4.98 Å². The molecule has 0 aromatic carbocycles. The summed E-state index contributed by atoms with van der Waals surface area (Å²) in [6.45, 7) is 3.64. The molecule has 0 amide bonds. The molecule has 2 N–H and O–H groups in total. The summed E-state index contributed by atoms with van der Waals surface area (Å²) < 4.78 is 4.99. The molecule has 4 nitrogen and oxygen atoms in total. The SMILES string of the molecule is COc1cncc(C(=O)CC(C)(C)N)c1. The van der Waals surface area contributed by atoms with Crippen LogP contribution in [0.25, 0.3) is 0 Å². The Hall–Kier alpha value is -1.42. The fraction of sp³-hybridized carbons (Fsp3) is 0.455. The largest absolute Gasteiger partial charge is 0.495 e. The second-order valence-electron chi connectivity index (χ2n) is 4.20. The number of pyridine rings is 1. The summed E-state index contributed by atoms with van der Waals surface area (Å²) in [5.74, 6) is 0.560. The van der Waals surface area contributed by atoms with Crippen LogP contribution in [0.5, 0.6) is 5.75 Å². The fourth-order valence-electron chi connectivity index (χ4n) is 1.20. The zero-order chi connectivity index (χ0) is 11.5. The lowest BCUT2D eigenvalue weighted by molar-refractivity contribution is 0.0959.